The topological polar surface area (TPSA) is 179 Å². The van der Waals surface area contributed by atoms with Gasteiger partial charge in [0, 0.05) is 19.1 Å². The predicted molar refractivity (Wildman–Crippen MR) is 175 cm³/mol. The average molecular weight is 689 g/mol. The van der Waals surface area contributed by atoms with Gasteiger partial charge in [-0.3, -0.25) is 19.6 Å². The predicted octanol–water partition coefficient (Wildman–Crippen LogP) is 7.06. The molecule has 1 aromatic rings. The number of aliphatic carboxylic acids is 1. The van der Waals surface area contributed by atoms with Crippen LogP contribution in [0.5, 0.6) is 0 Å². The van der Waals surface area contributed by atoms with Crippen molar-refractivity contribution in [3.8, 4) is 0 Å². The van der Waals surface area contributed by atoms with E-state index in [0.717, 1.165) is 6.08 Å². The van der Waals surface area contributed by atoms with Crippen LogP contribution in [0.25, 0.3) is 0 Å². The summed E-state index contributed by atoms with van der Waals surface area (Å²) in [6.45, 7) is 28.0. The fourth-order valence-electron chi connectivity index (χ4n) is 1.59. The molecule has 0 fully saturated rings. The summed E-state index contributed by atoms with van der Waals surface area (Å²) < 4.78 is 0. The molecule has 0 bridgehead atoms. The summed E-state index contributed by atoms with van der Waals surface area (Å²) in [4.78, 5) is 90.2. The van der Waals surface area contributed by atoms with Crippen molar-refractivity contribution < 1.29 is 68.2 Å². The van der Waals surface area contributed by atoms with Crippen molar-refractivity contribution in [3.05, 3.63) is 48.0 Å². The first-order valence-corrected chi connectivity index (χ1v) is 14.9. The van der Waals surface area contributed by atoms with Crippen LogP contribution in [0.1, 0.15) is 121 Å². The van der Waals surface area contributed by atoms with E-state index in [4.69, 9.17) is 14.9 Å². The summed E-state index contributed by atoms with van der Waals surface area (Å²) in [5.74, 6) is -3.31. The SMILES string of the molecule is CC(=O)OOC(C)(C)C.CC(C)(C)OOC(=O)/C=C\C(=O)O.CC(C)(C)OOC(=O)C(C)(C)C.CC(C)(C)OOC(=O)c1ccccc1. The van der Waals surface area contributed by atoms with E-state index >= 15 is 0 Å². The zero-order chi connectivity index (χ0) is 38.6. The maximum Gasteiger partial charge on any atom is 0.373 e. The highest BCUT2D eigenvalue weighted by Crippen LogP contribution is 2.17. The highest BCUT2D eigenvalue weighted by Gasteiger charge is 2.26. The Morgan fingerprint density at radius 1 is 0.542 bits per heavy atom. The average Bonchev–Trinajstić information content (AvgIpc) is 2.90. The lowest BCUT2D eigenvalue weighted by Gasteiger charge is -2.20. The van der Waals surface area contributed by atoms with E-state index in [1.54, 1.807) is 86.6 Å². The molecule has 0 aliphatic heterocycles. The Morgan fingerprint density at radius 3 is 1.25 bits per heavy atom. The molecule has 276 valence electrons. The van der Waals surface area contributed by atoms with E-state index in [1.807, 2.05) is 47.6 Å². The van der Waals surface area contributed by atoms with Crippen LogP contribution in [0.4, 0.5) is 0 Å². The van der Waals surface area contributed by atoms with Gasteiger partial charge in [0.1, 0.15) is 22.4 Å². The largest absolute Gasteiger partial charge is 0.478 e. The number of carboxylic acid groups (broad SMARTS) is 1. The Morgan fingerprint density at radius 2 is 0.917 bits per heavy atom. The zero-order valence-corrected chi connectivity index (χ0v) is 31.3. The van der Waals surface area contributed by atoms with Crippen LogP contribution in [0.3, 0.4) is 0 Å². The van der Waals surface area contributed by atoms with Crippen LogP contribution >= 0.6 is 0 Å². The fourth-order valence-corrected chi connectivity index (χ4v) is 1.59. The van der Waals surface area contributed by atoms with Crippen LogP contribution in [0.2, 0.25) is 0 Å². The van der Waals surface area contributed by atoms with E-state index in [0.29, 0.717) is 11.6 Å². The number of carboxylic acids is 1. The molecule has 1 aromatic carbocycles. The summed E-state index contributed by atoms with van der Waals surface area (Å²) >= 11 is 0. The summed E-state index contributed by atoms with van der Waals surface area (Å²) in [7, 11) is 0. The molecule has 0 heterocycles. The molecule has 1 N–H and O–H groups in total. The van der Waals surface area contributed by atoms with Gasteiger partial charge >= 0.3 is 29.8 Å². The molecule has 0 aliphatic carbocycles. The highest BCUT2D eigenvalue weighted by atomic mass is 17.2. The van der Waals surface area contributed by atoms with Crippen LogP contribution in [0.15, 0.2) is 42.5 Å². The van der Waals surface area contributed by atoms with Crippen molar-refractivity contribution in [1.29, 1.82) is 0 Å². The Kier molecular flexibility index (Phi) is 22.2. The summed E-state index contributed by atoms with van der Waals surface area (Å²) in [5.41, 5.74) is -1.97. The minimum atomic E-state index is -1.22. The Balaban J connectivity index is -0.000000569. The molecule has 0 unspecified atom stereocenters. The quantitative estimate of drug-likeness (QED) is 0.175. The third-order valence-corrected chi connectivity index (χ3v) is 3.50. The van der Waals surface area contributed by atoms with Crippen LogP contribution in [-0.4, -0.2) is 57.4 Å². The number of hydrogen-bond donors (Lipinski definition) is 1. The lowest BCUT2D eigenvalue weighted by molar-refractivity contribution is -0.325. The molecule has 0 saturated heterocycles. The molecule has 0 atom stereocenters. The van der Waals surface area contributed by atoms with Crippen LogP contribution in [0, 0.1) is 5.41 Å². The second-order valence-electron chi connectivity index (χ2n) is 14.8. The van der Waals surface area contributed by atoms with E-state index in [2.05, 4.69) is 29.3 Å². The van der Waals surface area contributed by atoms with E-state index < -0.39 is 51.7 Å². The van der Waals surface area contributed by atoms with E-state index in [1.165, 1.54) is 6.92 Å². The Bertz CT molecular complexity index is 1140. The summed E-state index contributed by atoms with van der Waals surface area (Å²) in [5, 5.41) is 8.16. The summed E-state index contributed by atoms with van der Waals surface area (Å²) in [6, 6.07) is 8.73. The van der Waals surface area contributed by atoms with Crippen molar-refractivity contribution >= 4 is 29.8 Å². The first-order chi connectivity index (χ1) is 21.3. The fraction of sp³-hybridized carbons (Fsp3) is 0.618. The number of carbonyl (C=O) groups is 5. The molecule has 0 amide bonds. The molecule has 14 heteroatoms. The summed E-state index contributed by atoms with van der Waals surface area (Å²) in [6.07, 6.45) is 1.45. The molecule has 48 heavy (non-hydrogen) atoms. The minimum Gasteiger partial charge on any atom is -0.478 e. The zero-order valence-electron chi connectivity index (χ0n) is 31.3. The number of benzene rings is 1. The van der Waals surface area contributed by atoms with Gasteiger partial charge in [-0.25, -0.2) is 24.0 Å². The second kappa shape index (κ2) is 21.9. The Hall–Kier alpha value is -3.85. The van der Waals surface area contributed by atoms with Crippen LogP contribution in [-0.2, 0) is 58.3 Å². The second-order valence-corrected chi connectivity index (χ2v) is 14.8. The van der Waals surface area contributed by atoms with Gasteiger partial charge in [-0.15, -0.1) is 0 Å². The lowest BCUT2D eigenvalue weighted by Crippen LogP contribution is -2.28. The van der Waals surface area contributed by atoms with Gasteiger partial charge < -0.3 is 5.11 Å². The molecule has 0 spiro atoms. The van der Waals surface area contributed by atoms with Gasteiger partial charge in [-0.1, -0.05) is 18.2 Å². The van der Waals surface area contributed by atoms with Crippen molar-refractivity contribution in [3.63, 3.8) is 0 Å². The highest BCUT2D eigenvalue weighted by molar-refractivity contribution is 5.90. The first-order valence-electron chi connectivity index (χ1n) is 14.9. The van der Waals surface area contributed by atoms with Gasteiger partial charge in [0.25, 0.3) is 0 Å². The van der Waals surface area contributed by atoms with Crippen molar-refractivity contribution in [2.75, 3.05) is 0 Å². The van der Waals surface area contributed by atoms with Crippen molar-refractivity contribution in [2.24, 2.45) is 5.41 Å². The molecule has 14 nitrogen and oxygen atoms in total. The molecule has 0 aliphatic rings. The third-order valence-electron chi connectivity index (χ3n) is 3.50. The standard InChI is InChI=1S/C11H14O3.C9H18O3.C8H12O5.C6H12O3/c1-11(2,3)14-13-10(12)9-7-5-4-6-8-9;1-8(2,3)7(10)11-12-9(4,5)6;1-8(2,3)13-12-7(11)5-4-6(9)10;1-5(7)8-9-6(2,3)4/h4-8H,1-3H3;1-6H3;4-5H,1-3H3,(H,9,10);1-4H3/b;;5-4-;. The number of hydrogen-bond acceptors (Lipinski definition) is 13. The maximum absolute atomic E-state index is 11.3. The normalized spacial score (nSPS) is 11.7. The first kappa shape index (κ1) is 48.5. The van der Waals surface area contributed by atoms with Gasteiger partial charge in [0.05, 0.1) is 11.0 Å². The van der Waals surface area contributed by atoms with E-state index in [-0.39, 0.29) is 5.97 Å². The smallest absolute Gasteiger partial charge is 0.373 e. The Labute approximate surface area is 284 Å². The van der Waals surface area contributed by atoms with Gasteiger partial charge in [-0.2, -0.15) is 19.6 Å². The van der Waals surface area contributed by atoms with Crippen molar-refractivity contribution in [2.45, 2.75) is 133 Å². The van der Waals surface area contributed by atoms with E-state index in [9.17, 15) is 24.0 Å². The monoisotopic (exact) mass is 688 g/mol. The molecule has 0 saturated carbocycles. The molecule has 1 rings (SSSR count). The lowest BCUT2D eigenvalue weighted by atomic mass is 9.98. The third kappa shape index (κ3) is 38.3. The van der Waals surface area contributed by atoms with Gasteiger partial charge in [0.15, 0.2) is 0 Å². The molecule has 0 radical (unpaired) electrons. The molecular formula is C34H56O14. The molecule has 0 aromatic heterocycles. The maximum atomic E-state index is 11.3. The van der Waals surface area contributed by atoms with Gasteiger partial charge in [0.2, 0.25) is 0 Å². The van der Waals surface area contributed by atoms with Crippen LogP contribution < -0.4 is 0 Å². The molecular weight excluding hydrogens is 632 g/mol. The minimum absolute atomic E-state index is 0.350. The van der Waals surface area contributed by atoms with Crippen molar-refractivity contribution in [1.82, 2.24) is 0 Å². The number of carbonyl (C=O) groups excluding carboxylic acids is 4. The number of rotatable bonds is 7. The van der Waals surface area contributed by atoms with Gasteiger partial charge in [-0.05, 0) is 116 Å².